The van der Waals surface area contributed by atoms with Gasteiger partial charge in [-0.1, -0.05) is 0 Å². The van der Waals surface area contributed by atoms with Crippen molar-refractivity contribution in [3.05, 3.63) is 0 Å². The Balaban J connectivity index is 3.01. The normalized spacial score (nSPS) is 34.2. The van der Waals surface area contributed by atoms with E-state index in [4.69, 9.17) is 14.6 Å². The average Bonchev–Trinajstić information content (AvgIpc) is 2.41. The molecule has 1 fully saturated rings. The fourth-order valence-electron chi connectivity index (χ4n) is 2.33. The Kier molecular flexibility index (Phi) is 6.05. The van der Waals surface area contributed by atoms with E-state index in [0.717, 1.165) is 7.11 Å². The standard InChI is InChI=1S/C12H21NO8/c1-6(15)13-10-8(17)4-12(20-2,11(18)19)21-9(10)3-7(16)5-14/h7-10,14,16-17H,3-5H2,1-2H3,(H,13,15)(H,18,19)/t7-,8+,9?,10+,12+/m0/s1. The number of aliphatic hydroxyl groups excluding tert-OH is 3. The summed E-state index contributed by atoms with van der Waals surface area (Å²) in [5, 5.41) is 40.2. The SMILES string of the molecule is CO[C@]1(C(=O)O)C[C@@H](O)[C@@H](NC(C)=O)C(C[C@H](O)CO)O1. The van der Waals surface area contributed by atoms with Gasteiger partial charge in [0.15, 0.2) is 0 Å². The lowest BCUT2D eigenvalue weighted by atomic mass is 9.90. The third kappa shape index (κ3) is 4.11. The highest BCUT2D eigenvalue weighted by atomic mass is 16.7. The molecule has 0 aromatic heterocycles. The van der Waals surface area contributed by atoms with E-state index in [-0.39, 0.29) is 12.8 Å². The average molecular weight is 307 g/mol. The smallest absolute Gasteiger partial charge is 0.364 e. The molecule has 5 atom stereocenters. The molecule has 1 rings (SSSR count). The zero-order valence-corrected chi connectivity index (χ0v) is 11.9. The number of carbonyl (C=O) groups is 2. The number of carboxylic acids is 1. The summed E-state index contributed by atoms with van der Waals surface area (Å²) in [6, 6.07) is -0.911. The second-order valence-corrected chi connectivity index (χ2v) is 4.99. The van der Waals surface area contributed by atoms with Gasteiger partial charge in [-0.2, -0.15) is 0 Å². The molecule has 0 aromatic rings. The van der Waals surface area contributed by atoms with E-state index in [1.165, 1.54) is 6.92 Å². The first-order valence-corrected chi connectivity index (χ1v) is 6.46. The van der Waals surface area contributed by atoms with Crippen molar-refractivity contribution in [2.75, 3.05) is 13.7 Å². The topological polar surface area (TPSA) is 146 Å². The molecule has 1 saturated heterocycles. The molecule has 5 N–H and O–H groups in total. The Morgan fingerprint density at radius 2 is 2.14 bits per heavy atom. The van der Waals surface area contributed by atoms with Gasteiger partial charge in [0, 0.05) is 26.9 Å². The number of ether oxygens (including phenoxy) is 2. The van der Waals surface area contributed by atoms with Crippen LogP contribution in [-0.4, -0.2) is 76.2 Å². The van der Waals surface area contributed by atoms with Crippen LogP contribution in [0, 0.1) is 0 Å². The highest BCUT2D eigenvalue weighted by molar-refractivity contribution is 5.76. The maximum absolute atomic E-state index is 11.3. The van der Waals surface area contributed by atoms with E-state index < -0.39 is 48.6 Å². The quantitative estimate of drug-likeness (QED) is 0.372. The lowest BCUT2D eigenvalue weighted by molar-refractivity contribution is -0.289. The molecule has 1 aliphatic heterocycles. The van der Waals surface area contributed by atoms with E-state index in [0.29, 0.717) is 0 Å². The third-order valence-corrected chi connectivity index (χ3v) is 3.38. The van der Waals surface area contributed by atoms with Crippen molar-refractivity contribution in [1.82, 2.24) is 5.32 Å². The zero-order chi connectivity index (χ0) is 16.2. The van der Waals surface area contributed by atoms with Gasteiger partial charge in [0.2, 0.25) is 5.91 Å². The van der Waals surface area contributed by atoms with Crippen molar-refractivity contribution in [1.29, 1.82) is 0 Å². The maximum Gasteiger partial charge on any atom is 0.364 e. The molecule has 1 amide bonds. The van der Waals surface area contributed by atoms with Gasteiger partial charge >= 0.3 is 5.97 Å². The first kappa shape index (κ1) is 17.8. The molecule has 0 radical (unpaired) electrons. The van der Waals surface area contributed by atoms with Gasteiger partial charge in [0.25, 0.3) is 5.79 Å². The number of aliphatic hydroxyl groups is 3. The van der Waals surface area contributed by atoms with Gasteiger partial charge in [-0.3, -0.25) is 4.79 Å². The van der Waals surface area contributed by atoms with Crippen LogP contribution in [0.2, 0.25) is 0 Å². The number of aliphatic carboxylic acids is 1. The van der Waals surface area contributed by atoms with Gasteiger partial charge in [-0.25, -0.2) is 4.79 Å². The van der Waals surface area contributed by atoms with Crippen LogP contribution in [0.25, 0.3) is 0 Å². The van der Waals surface area contributed by atoms with Crippen molar-refractivity contribution < 1.29 is 39.5 Å². The fraction of sp³-hybridized carbons (Fsp3) is 0.833. The van der Waals surface area contributed by atoms with Gasteiger partial charge in [-0.05, 0) is 0 Å². The molecular weight excluding hydrogens is 286 g/mol. The van der Waals surface area contributed by atoms with Crippen LogP contribution in [0.1, 0.15) is 19.8 Å². The van der Waals surface area contributed by atoms with Crippen LogP contribution in [0.4, 0.5) is 0 Å². The molecule has 1 unspecified atom stereocenters. The van der Waals surface area contributed by atoms with E-state index in [1.807, 2.05) is 0 Å². The summed E-state index contributed by atoms with van der Waals surface area (Å²) in [4.78, 5) is 22.5. The largest absolute Gasteiger partial charge is 0.477 e. The lowest BCUT2D eigenvalue weighted by Gasteiger charge is -2.44. The van der Waals surface area contributed by atoms with Crippen LogP contribution in [0.3, 0.4) is 0 Å². The van der Waals surface area contributed by atoms with Gasteiger partial charge < -0.3 is 35.2 Å². The first-order chi connectivity index (χ1) is 9.75. The third-order valence-electron chi connectivity index (χ3n) is 3.38. The Bertz CT molecular complexity index is 389. The van der Waals surface area contributed by atoms with Crippen LogP contribution in [0.5, 0.6) is 0 Å². The molecule has 0 saturated carbocycles. The molecule has 0 aromatic carbocycles. The first-order valence-electron chi connectivity index (χ1n) is 6.46. The predicted octanol–water partition coefficient (Wildman–Crippen LogP) is -2.19. The number of rotatable bonds is 6. The summed E-state index contributed by atoms with van der Waals surface area (Å²) in [6.45, 7) is 0.678. The Labute approximate surface area is 121 Å². The number of carboxylic acid groups (broad SMARTS) is 1. The van der Waals surface area contributed by atoms with Gasteiger partial charge in [0.05, 0.1) is 31.0 Å². The minimum atomic E-state index is -2.06. The Morgan fingerprint density at radius 1 is 1.52 bits per heavy atom. The summed E-state index contributed by atoms with van der Waals surface area (Å²) in [5.41, 5.74) is 0. The lowest BCUT2D eigenvalue weighted by Crippen LogP contribution is -2.64. The van der Waals surface area contributed by atoms with Crippen molar-refractivity contribution in [2.45, 2.75) is 49.9 Å². The summed E-state index contributed by atoms with van der Waals surface area (Å²) in [6.07, 6.45) is -4.00. The van der Waals surface area contributed by atoms with E-state index >= 15 is 0 Å². The zero-order valence-electron chi connectivity index (χ0n) is 11.9. The van der Waals surface area contributed by atoms with Crippen molar-refractivity contribution >= 4 is 11.9 Å². The van der Waals surface area contributed by atoms with Crippen LogP contribution in [-0.2, 0) is 19.1 Å². The maximum atomic E-state index is 11.3. The molecule has 1 heterocycles. The molecule has 122 valence electrons. The second kappa shape index (κ2) is 7.14. The Morgan fingerprint density at radius 3 is 2.57 bits per heavy atom. The predicted molar refractivity (Wildman–Crippen MR) is 68.2 cm³/mol. The minimum absolute atomic E-state index is 0.170. The molecular formula is C12H21NO8. The molecule has 1 aliphatic rings. The molecule has 0 spiro atoms. The molecule has 9 heteroatoms. The number of methoxy groups -OCH3 is 1. The van der Waals surface area contributed by atoms with Crippen molar-refractivity contribution in [3.63, 3.8) is 0 Å². The molecule has 9 nitrogen and oxygen atoms in total. The summed E-state index contributed by atoms with van der Waals surface area (Å²) in [7, 11) is 1.12. The monoisotopic (exact) mass is 307 g/mol. The number of amides is 1. The summed E-state index contributed by atoms with van der Waals surface area (Å²) in [5.74, 6) is -3.92. The van der Waals surface area contributed by atoms with Gasteiger partial charge in [-0.15, -0.1) is 0 Å². The number of carbonyl (C=O) groups excluding carboxylic acids is 1. The minimum Gasteiger partial charge on any atom is -0.477 e. The van der Waals surface area contributed by atoms with Crippen LogP contribution in [0.15, 0.2) is 0 Å². The highest BCUT2D eigenvalue weighted by Crippen LogP contribution is 2.32. The van der Waals surface area contributed by atoms with E-state index in [2.05, 4.69) is 5.32 Å². The number of nitrogens with one attached hydrogen (secondary N) is 1. The number of hydrogen-bond donors (Lipinski definition) is 5. The second-order valence-electron chi connectivity index (χ2n) is 4.99. The van der Waals surface area contributed by atoms with E-state index in [9.17, 15) is 24.9 Å². The summed E-state index contributed by atoms with van der Waals surface area (Å²) >= 11 is 0. The number of hydrogen-bond acceptors (Lipinski definition) is 7. The molecule has 0 bridgehead atoms. The Hall–Kier alpha value is -1.26. The van der Waals surface area contributed by atoms with Crippen LogP contribution >= 0.6 is 0 Å². The highest BCUT2D eigenvalue weighted by Gasteiger charge is 2.52. The van der Waals surface area contributed by atoms with Gasteiger partial charge in [0.1, 0.15) is 0 Å². The fourth-order valence-corrected chi connectivity index (χ4v) is 2.33. The van der Waals surface area contributed by atoms with Crippen molar-refractivity contribution in [3.8, 4) is 0 Å². The van der Waals surface area contributed by atoms with Crippen molar-refractivity contribution in [2.24, 2.45) is 0 Å². The molecule has 21 heavy (non-hydrogen) atoms. The summed E-state index contributed by atoms with van der Waals surface area (Å²) < 4.78 is 10.2. The molecule has 0 aliphatic carbocycles. The van der Waals surface area contributed by atoms with E-state index in [1.54, 1.807) is 0 Å². The van der Waals surface area contributed by atoms with Crippen LogP contribution < -0.4 is 5.32 Å².